The number of amides is 1. The van der Waals surface area contributed by atoms with Crippen LogP contribution < -0.4 is 5.32 Å². The molecule has 0 bridgehead atoms. The Bertz CT molecular complexity index is 1130. The van der Waals surface area contributed by atoms with Gasteiger partial charge in [0.1, 0.15) is 11.6 Å². The van der Waals surface area contributed by atoms with Crippen LogP contribution >= 0.6 is 27.3 Å². The third kappa shape index (κ3) is 3.79. The van der Waals surface area contributed by atoms with Crippen LogP contribution in [0.25, 0.3) is 20.8 Å². The van der Waals surface area contributed by atoms with E-state index < -0.39 is 0 Å². The number of carbonyl (C=O) groups excluding carboxylic acids is 1. The highest BCUT2D eigenvalue weighted by atomic mass is 79.9. The van der Waals surface area contributed by atoms with Crippen LogP contribution in [-0.2, 0) is 11.3 Å². The second-order valence-electron chi connectivity index (χ2n) is 6.35. The van der Waals surface area contributed by atoms with Gasteiger partial charge in [-0.3, -0.25) is 9.48 Å². The molecule has 7 heteroatoms. The van der Waals surface area contributed by atoms with Crippen LogP contribution in [-0.4, -0.2) is 20.7 Å². The molecule has 0 saturated carbocycles. The maximum absolute atomic E-state index is 12.3. The first-order valence-electron chi connectivity index (χ1n) is 8.45. The van der Waals surface area contributed by atoms with Gasteiger partial charge < -0.3 is 5.32 Å². The molecule has 2 heterocycles. The minimum absolute atomic E-state index is 0.114. The number of aryl methyl sites for hydroxylation is 1. The number of carbonyl (C=O) groups is 1. The van der Waals surface area contributed by atoms with Gasteiger partial charge in [-0.25, -0.2) is 4.98 Å². The fourth-order valence-corrected chi connectivity index (χ4v) is 4.14. The zero-order valence-corrected chi connectivity index (χ0v) is 17.3. The molecule has 4 rings (SSSR count). The molecule has 0 radical (unpaired) electrons. The maximum Gasteiger partial charge on any atom is 0.246 e. The largest absolute Gasteiger partial charge is 0.324 e. The lowest BCUT2D eigenvalue weighted by Crippen LogP contribution is -2.20. The summed E-state index contributed by atoms with van der Waals surface area (Å²) in [6.45, 7) is 4.18. The van der Waals surface area contributed by atoms with Crippen LogP contribution in [0.15, 0.2) is 53.1 Å². The van der Waals surface area contributed by atoms with Gasteiger partial charge in [-0.2, -0.15) is 5.10 Å². The number of nitrogens with one attached hydrogen (secondary N) is 1. The Hall–Kier alpha value is -2.51. The van der Waals surface area contributed by atoms with Gasteiger partial charge in [0, 0.05) is 11.3 Å². The Labute approximate surface area is 169 Å². The quantitative estimate of drug-likeness (QED) is 0.475. The molecule has 27 heavy (non-hydrogen) atoms. The molecule has 5 nitrogen and oxygen atoms in total. The van der Waals surface area contributed by atoms with Gasteiger partial charge in [0.25, 0.3) is 0 Å². The summed E-state index contributed by atoms with van der Waals surface area (Å²) in [7, 11) is 0. The van der Waals surface area contributed by atoms with Crippen molar-refractivity contribution in [3.8, 4) is 10.6 Å². The summed E-state index contributed by atoms with van der Waals surface area (Å²) in [5, 5.41) is 8.06. The average molecular weight is 441 g/mol. The molecular weight excluding hydrogens is 424 g/mol. The first-order chi connectivity index (χ1) is 13.0. The van der Waals surface area contributed by atoms with E-state index in [0.29, 0.717) is 0 Å². The maximum atomic E-state index is 12.3. The summed E-state index contributed by atoms with van der Waals surface area (Å²) in [6, 6.07) is 14.0. The third-order valence-corrected chi connectivity index (χ3v) is 6.14. The lowest BCUT2D eigenvalue weighted by Gasteiger charge is -2.07. The monoisotopic (exact) mass is 440 g/mol. The molecular formula is C20H17BrN4OS. The molecule has 0 unspecified atom stereocenters. The van der Waals surface area contributed by atoms with E-state index in [2.05, 4.69) is 51.5 Å². The van der Waals surface area contributed by atoms with E-state index in [1.165, 1.54) is 10.3 Å². The highest BCUT2D eigenvalue weighted by Crippen LogP contribution is 2.31. The van der Waals surface area contributed by atoms with Gasteiger partial charge in [0.2, 0.25) is 5.91 Å². The van der Waals surface area contributed by atoms with Gasteiger partial charge in [0.15, 0.2) is 0 Å². The number of nitrogens with zero attached hydrogens (tertiary/aromatic N) is 3. The minimum atomic E-state index is -0.114. The number of anilines is 1. The van der Waals surface area contributed by atoms with Crippen molar-refractivity contribution < 1.29 is 4.79 Å². The first kappa shape index (κ1) is 17.9. The van der Waals surface area contributed by atoms with E-state index in [1.807, 2.05) is 31.2 Å². The van der Waals surface area contributed by atoms with Crippen LogP contribution in [0.3, 0.4) is 0 Å². The summed E-state index contributed by atoms with van der Waals surface area (Å²) in [5.41, 5.74) is 4.96. The normalized spacial score (nSPS) is 11.1. The summed E-state index contributed by atoms with van der Waals surface area (Å²) in [5.74, 6) is -0.114. The van der Waals surface area contributed by atoms with E-state index >= 15 is 0 Å². The van der Waals surface area contributed by atoms with Crippen LogP contribution in [0, 0.1) is 13.8 Å². The van der Waals surface area contributed by atoms with Crippen molar-refractivity contribution in [2.45, 2.75) is 20.4 Å². The molecule has 0 saturated heterocycles. The minimum Gasteiger partial charge on any atom is -0.324 e. The van der Waals surface area contributed by atoms with Gasteiger partial charge >= 0.3 is 0 Å². The lowest BCUT2D eigenvalue weighted by atomic mass is 10.2. The van der Waals surface area contributed by atoms with Gasteiger partial charge in [-0.05, 0) is 71.7 Å². The zero-order chi connectivity index (χ0) is 19.0. The number of benzene rings is 2. The van der Waals surface area contributed by atoms with Crippen LogP contribution in [0.5, 0.6) is 0 Å². The Morgan fingerprint density at radius 3 is 2.67 bits per heavy atom. The number of aromatic nitrogens is 3. The van der Waals surface area contributed by atoms with E-state index in [9.17, 15) is 4.79 Å². The lowest BCUT2D eigenvalue weighted by molar-refractivity contribution is -0.116. The second-order valence-corrected chi connectivity index (χ2v) is 8.24. The highest BCUT2D eigenvalue weighted by molar-refractivity contribution is 9.10. The van der Waals surface area contributed by atoms with Crippen molar-refractivity contribution in [1.29, 1.82) is 0 Å². The smallest absolute Gasteiger partial charge is 0.246 e. The van der Waals surface area contributed by atoms with Crippen molar-refractivity contribution in [2.75, 3.05) is 5.32 Å². The molecule has 2 aromatic carbocycles. The van der Waals surface area contributed by atoms with E-state index in [0.717, 1.165) is 31.9 Å². The number of hydrogen-bond acceptors (Lipinski definition) is 4. The third-order valence-electron chi connectivity index (χ3n) is 4.30. The Kier molecular flexibility index (Phi) is 4.80. The van der Waals surface area contributed by atoms with Gasteiger partial charge in [-0.1, -0.05) is 6.07 Å². The van der Waals surface area contributed by atoms with E-state index in [1.54, 1.807) is 22.2 Å². The molecule has 0 aliphatic rings. The van der Waals surface area contributed by atoms with Crippen molar-refractivity contribution in [2.24, 2.45) is 0 Å². The predicted molar refractivity (Wildman–Crippen MR) is 113 cm³/mol. The summed E-state index contributed by atoms with van der Waals surface area (Å²) in [4.78, 5) is 16.9. The van der Waals surface area contributed by atoms with Crippen LogP contribution in [0.2, 0.25) is 0 Å². The fraction of sp³-hybridized carbons (Fsp3) is 0.150. The SMILES string of the molecule is Cc1ccc2nc(-c3ccc(NC(=O)Cn4ncc(Br)c4C)cc3)sc2c1. The molecule has 136 valence electrons. The van der Waals surface area contributed by atoms with Gasteiger partial charge in [0.05, 0.1) is 26.6 Å². The number of thiazole rings is 1. The molecule has 1 amide bonds. The Balaban J connectivity index is 1.48. The highest BCUT2D eigenvalue weighted by Gasteiger charge is 2.10. The topological polar surface area (TPSA) is 59.8 Å². The summed E-state index contributed by atoms with van der Waals surface area (Å²) < 4.78 is 3.74. The van der Waals surface area contributed by atoms with Gasteiger partial charge in [-0.15, -0.1) is 11.3 Å². The molecule has 0 atom stereocenters. The predicted octanol–water partition coefficient (Wildman–Crippen LogP) is 5.18. The Morgan fingerprint density at radius 1 is 1.19 bits per heavy atom. The molecule has 0 aliphatic heterocycles. The fourth-order valence-electron chi connectivity index (χ4n) is 2.77. The molecule has 4 aromatic rings. The van der Waals surface area contributed by atoms with Crippen molar-refractivity contribution in [3.63, 3.8) is 0 Å². The van der Waals surface area contributed by atoms with Crippen LogP contribution in [0.4, 0.5) is 5.69 Å². The average Bonchev–Trinajstić information content (AvgIpc) is 3.20. The number of rotatable bonds is 4. The number of fused-ring (bicyclic) bond motifs is 1. The molecule has 2 aromatic heterocycles. The molecule has 0 aliphatic carbocycles. The molecule has 1 N–H and O–H groups in total. The first-order valence-corrected chi connectivity index (χ1v) is 10.1. The van der Waals surface area contributed by atoms with Crippen molar-refractivity contribution in [1.82, 2.24) is 14.8 Å². The van der Waals surface area contributed by atoms with Crippen molar-refractivity contribution in [3.05, 3.63) is 64.4 Å². The van der Waals surface area contributed by atoms with Crippen LogP contribution in [0.1, 0.15) is 11.3 Å². The standard InChI is InChI=1S/C20H17BrN4OS/c1-12-3-8-17-18(9-12)27-20(24-17)14-4-6-15(7-5-14)23-19(26)11-25-13(2)16(21)10-22-25/h3-10H,11H2,1-2H3,(H,23,26). The number of halogens is 1. The molecule has 0 spiro atoms. The zero-order valence-electron chi connectivity index (χ0n) is 14.9. The molecule has 0 fully saturated rings. The number of hydrogen-bond donors (Lipinski definition) is 1. The summed E-state index contributed by atoms with van der Waals surface area (Å²) >= 11 is 5.07. The summed E-state index contributed by atoms with van der Waals surface area (Å²) in [6.07, 6.45) is 1.69. The van der Waals surface area contributed by atoms with E-state index in [4.69, 9.17) is 4.98 Å². The van der Waals surface area contributed by atoms with Crippen molar-refractivity contribution >= 4 is 49.1 Å². The second kappa shape index (κ2) is 7.25. The van der Waals surface area contributed by atoms with E-state index in [-0.39, 0.29) is 12.5 Å². The Morgan fingerprint density at radius 2 is 1.96 bits per heavy atom.